The van der Waals surface area contributed by atoms with E-state index in [1.54, 1.807) is 31.2 Å². The summed E-state index contributed by atoms with van der Waals surface area (Å²) in [7, 11) is -3.69. The number of sulfonamides is 1. The predicted octanol–water partition coefficient (Wildman–Crippen LogP) is 4.31. The number of hydrogen-bond donors (Lipinski definition) is 2. The number of nitrogens with one attached hydrogen (secondary N) is 2. The van der Waals surface area contributed by atoms with Crippen molar-refractivity contribution in [3.05, 3.63) is 52.1 Å². The van der Waals surface area contributed by atoms with E-state index in [2.05, 4.69) is 32.6 Å². The SMILES string of the molecule is C[C@H](Oc1ccc(S(=O)(=O)Nc2ccc(I)cc2)cc1)C(=O)NC1CCCCC1. The summed E-state index contributed by atoms with van der Waals surface area (Å²) in [6, 6.07) is 13.4. The van der Waals surface area contributed by atoms with Crippen LogP contribution in [0.3, 0.4) is 0 Å². The number of carbonyl (C=O) groups is 1. The molecule has 0 radical (unpaired) electrons. The molecular formula is C21H25IN2O4S. The summed E-state index contributed by atoms with van der Waals surface area (Å²) in [6.07, 6.45) is 4.89. The molecule has 0 saturated heterocycles. The molecule has 0 aromatic heterocycles. The molecule has 1 atom stereocenters. The maximum Gasteiger partial charge on any atom is 0.261 e. The van der Waals surface area contributed by atoms with Gasteiger partial charge in [-0.25, -0.2) is 8.42 Å². The molecule has 1 saturated carbocycles. The molecule has 0 bridgehead atoms. The van der Waals surface area contributed by atoms with E-state index in [-0.39, 0.29) is 16.8 Å². The van der Waals surface area contributed by atoms with Gasteiger partial charge in [0.2, 0.25) is 0 Å². The number of anilines is 1. The molecule has 1 amide bonds. The van der Waals surface area contributed by atoms with Gasteiger partial charge in [0.1, 0.15) is 5.75 Å². The Balaban J connectivity index is 1.58. The molecule has 0 unspecified atom stereocenters. The molecule has 0 spiro atoms. The lowest BCUT2D eigenvalue weighted by molar-refractivity contribution is -0.128. The minimum Gasteiger partial charge on any atom is -0.481 e. The van der Waals surface area contributed by atoms with Crippen molar-refractivity contribution in [3.8, 4) is 5.75 Å². The van der Waals surface area contributed by atoms with Crippen LogP contribution in [0.15, 0.2) is 53.4 Å². The average Bonchev–Trinajstić information content (AvgIpc) is 2.71. The third kappa shape index (κ3) is 6.33. The van der Waals surface area contributed by atoms with Crippen molar-refractivity contribution in [2.24, 2.45) is 0 Å². The molecule has 156 valence electrons. The number of benzene rings is 2. The van der Waals surface area contributed by atoms with E-state index in [9.17, 15) is 13.2 Å². The largest absolute Gasteiger partial charge is 0.481 e. The van der Waals surface area contributed by atoms with Gasteiger partial charge >= 0.3 is 0 Å². The molecule has 29 heavy (non-hydrogen) atoms. The molecule has 0 heterocycles. The van der Waals surface area contributed by atoms with E-state index in [4.69, 9.17) is 4.74 Å². The maximum atomic E-state index is 12.5. The highest BCUT2D eigenvalue weighted by Crippen LogP contribution is 2.21. The second kappa shape index (κ2) is 9.80. The van der Waals surface area contributed by atoms with E-state index in [0.717, 1.165) is 29.3 Å². The summed E-state index contributed by atoms with van der Waals surface area (Å²) in [5.74, 6) is 0.304. The molecule has 1 aliphatic rings. The number of amides is 1. The van der Waals surface area contributed by atoms with Crippen LogP contribution < -0.4 is 14.8 Å². The Morgan fingerprint density at radius 1 is 1.03 bits per heavy atom. The lowest BCUT2D eigenvalue weighted by atomic mass is 9.95. The number of halogens is 1. The van der Waals surface area contributed by atoms with Gasteiger partial charge in [-0.15, -0.1) is 0 Å². The highest BCUT2D eigenvalue weighted by Gasteiger charge is 2.21. The van der Waals surface area contributed by atoms with Crippen LogP contribution in [0.25, 0.3) is 0 Å². The summed E-state index contributed by atoms with van der Waals surface area (Å²) in [6.45, 7) is 1.70. The third-order valence-electron chi connectivity index (χ3n) is 4.86. The van der Waals surface area contributed by atoms with Crippen molar-refractivity contribution >= 4 is 44.2 Å². The first kappa shape index (κ1) is 21.9. The molecule has 2 aromatic rings. The Bertz CT molecular complexity index is 924. The zero-order valence-corrected chi connectivity index (χ0v) is 19.2. The summed E-state index contributed by atoms with van der Waals surface area (Å²) in [5.41, 5.74) is 0.499. The first-order valence-corrected chi connectivity index (χ1v) is 12.3. The fraction of sp³-hybridized carbons (Fsp3) is 0.381. The fourth-order valence-corrected chi connectivity index (χ4v) is 4.67. The van der Waals surface area contributed by atoms with Crippen molar-refractivity contribution in [2.75, 3.05) is 4.72 Å². The Morgan fingerprint density at radius 2 is 1.66 bits per heavy atom. The molecule has 1 fully saturated rings. The maximum absolute atomic E-state index is 12.5. The van der Waals surface area contributed by atoms with Gasteiger partial charge in [0.15, 0.2) is 6.10 Å². The molecule has 6 nitrogen and oxygen atoms in total. The average molecular weight is 528 g/mol. The second-order valence-electron chi connectivity index (χ2n) is 7.19. The normalized spacial score (nSPS) is 16.1. The van der Waals surface area contributed by atoms with Gasteiger partial charge in [0.05, 0.1) is 4.90 Å². The minimum absolute atomic E-state index is 0.128. The van der Waals surface area contributed by atoms with Crippen molar-refractivity contribution in [2.45, 2.75) is 56.1 Å². The molecular weight excluding hydrogens is 503 g/mol. The van der Waals surface area contributed by atoms with Gasteiger partial charge in [-0.3, -0.25) is 9.52 Å². The lowest BCUT2D eigenvalue weighted by Crippen LogP contribution is -2.43. The molecule has 8 heteroatoms. The van der Waals surface area contributed by atoms with Gasteiger partial charge in [-0.2, -0.15) is 0 Å². The van der Waals surface area contributed by atoms with Gasteiger partial charge in [-0.1, -0.05) is 19.3 Å². The van der Waals surface area contributed by atoms with E-state index in [0.29, 0.717) is 11.4 Å². The van der Waals surface area contributed by atoms with Crippen molar-refractivity contribution in [3.63, 3.8) is 0 Å². The first-order chi connectivity index (χ1) is 13.8. The van der Waals surface area contributed by atoms with E-state index in [1.165, 1.54) is 18.6 Å². The van der Waals surface area contributed by atoms with Crippen LogP contribution in [0.4, 0.5) is 5.69 Å². The highest BCUT2D eigenvalue weighted by molar-refractivity contribution is 14.1. The van der Waals surface area contributed by atoms with Crippen LogP contribution >= 0.6 is 22.6 Å². The van der Waals surface area contributed by atoms with Gasteiger partial charge in [0, 0.05) is 15.3 Å². The molecule has 2 aromatic carbocycles. The number of rotatable bonds is 7. The number of hydrogen-bond acceptors (Lipinski definition) is 4. The summed E-state index contributed by atoms with van der Waals surface area (Å²) < 4.78 is 34.3. The van der Waals surface area contributed by atoms with Crippen molar-refractivity contribution in [1.29, 1.82) is 0 Å². The smallest absolute Gasteiger partial charge is 0.261 e. The zero-order chi connectivity index (χ0) is 20.9. The fourth-order valence-electron chi connectivity index (χ4n) is 3.25. The minimum atomic E-state index is -3.69. The van der Waals surface area contributed by atoms with E-state index in [1.807, 2.05) is 12.1 Å². The van der Waals surface area contributed by atoms with Crippen LogP contribution in [0.2, 0.25) is 0 Å². The standard InChI is InChI=1S/C21H25IN2O4S/c1-15(21(25)23-17-5-3-2-4-6-17)28-19-11-13-20(14-12-19)29(26,27)24-18-9-7-16(22)8-10-18/h7-15,17,24H,2-6H2,1H3,(H,23,25)/t15-/m0/s1. The summed E-state index contributed by atoms with van der Waals surface area (Å²) in [5, 5.41) is 3.04. The van der Waals surface area contributed by atoms with E-state index < -0.39 is 16.1 Å². The number of ether oxygens (including phenoxy) is 1. The molecule has 2 N–H and O–H groups in total. The lowest BCUT2D eigenvalue weighted by Gasteiger charge is -2.24. The Morgan fingerprint density at radius 3 is 2.28 bits per heavy atom. The van der Waals surface area contributed by atoms with E-state index >= 15 is 0 Å². The predicted molar refractivity (Wildman–Crippen MR) is 122 cm³/mol. The molecule has 3 rings (SSSR count). The Kier molecular flexibility index (Phi) is 7.39. The van der Waals surface area contributed by atoms with Crippen LogP contribution in [-0.4, -0.2) is 26.5 Å². The topological polar surface area (TPSA) is 84.5 Å². The summed E-state index contributed by atoms with van der Waals surface area (Å²) in [4.78, 5) is 12.5. The zero-order valence-electron chi connectivity index (χ0n) is 16.2. The van der Waals surface area contributed by atoms with Crippen LogP contribution in [-0.2, 0) is 14.8 Å². The van der Waals surface area contributed by atoms with Crippen LogP contribution in [0.1, 0.15) is 39.0 Å². The van der Waals surface area contributed by atoms with Gasteiger partial charge < -0.3 is 10.1 Å². The quantitative estimate of drug-likeness (QED) is 0.525. The third-order valence-corrected chi connectivity index (χ3v) is 6.98. The Labute approximate surface area is 185 Å². The summed E-state index contributed by atoms with van der Waals surface area (Å²) >= 11 is 2.16. The monoisotopic (exact) mass is 528 g/mol. The van der Waals surface area contributed by atoms with Crippen molar-refractivity contribution < 1.29 is 17.9 Å². The highest BCUT2D eigenvalue weighted by atomic mass is 127. The first-order valence-electron chi connectivity index (χ1n) is 9.69. The number of carbonyl (C=O) groups excluding carboxylic acids is 1. The molecule has 0 aliphatic heterocycles. The van der Waals surface area contributed by atoms with Crippen LogP contribution in [0, 0.1) is 3.57 Å². The molecule has 1 aliphatic carbocycles. The Hall–Kier alpha value is -1.81. The van der Waals surface area contributed by atoms with Crippen molar-refractivity contribution in [1.82, 2.24) is 5.32 Å². The van der Waals surface area contributed by atoms with Gasteiger partial charge in [0.25, 0.3) is 15.9 Å². The second-order valence-corrected chi connectivity index (χ2v) is 10.1. The van der Waals surface area contributed by atoms with Gasteiger partial charge in [-0.05, 0) is 90.9 Å². The van der Waals surface area contributed by atoms with Crippen LogP contribution in [0.5, 0.6) is 5.75 Å².